The summed E-state index contributed by atoms with van der Waals surface area (Å²) in [4.78, 5) is 16.1. The summed E-state index contributed by atoms with van der Waals surface area (Å²) in [5, 5.41) is 5.53. The van der Waals surface area contributed by atoms with Crippen LogP contribution < -0.4 is 10.6 Å². The van der Waals surface area contributed by atoms with Crippen LogP contribution in [0.5, 0.6) is 0 Å². The first-order valence-corrected chi connectivity index (χ1v) is 6.95. The molecule has 0 radical (unpaired) electrons. The first-order valence-electron chi connectivity index (χ1n) is 6.95. The lowest BCUT2D eigenvalue weighted by atomic mass is 10.3. The zero-order chi connectivity index (χ0) is 15.4. The van der Waals surface area contributed by atoms with E-state index in [0.717, 1.165) is 16.9 Å². The van der Waals surface area contributed by atoms with Crippen LogP contribution in [0.3, 0.4) is 0 Å². The summed E-state index contributed by atoms with van der Waals surface area (Å²) in [5.74, 6) is 0.559. The summed E-state index contributed by atoms with van der Waals surface area (Å²) in [5.41, 5.74) is 2.68. The Bertz CT molecular complexity index is 764. The van der Waals surface area contributed by atoms with Gasteiger partial charge >= 0.3 is 6.03 Å². The number of amides is 2. The van der Waals surface area contributed by atoms with E-state index in [9.17, 15) is 4.79 Å². The smallest absolute Gasteiger partial charge is 0.324 e. The monoisotopic (exact) mass is 292 g/mol. The van der Waals surface area contributed by atoms with Crippen molar-refractivity contribution in [3.05, 3.63) is 72.7 Å². The van der Waals surface area contributed by atoms with E-state index >= 15 is 0 Å². The SMILES string of the molecule is Cc1cccnc1NC(=O)Nc1ccc(-n2cccc2)cc1. The van der Waals surface area contributed by atoms with E-state index in [1.165, 1.54) is 0 Å². The quantitative estimate of drug-likeness (QED) is 0.771. The molecule has 5 heteroatoms. The first-order chi connectivity index (χ1) is 10.7. The lowest BCUT2D eigenvalue weighted by molar-refractivity contribution is 0.262. The molecular formula is C17H16N4O. The maximum absolute atomic E-state index is 12.0. The van der Waals surface area contributed by atoms with Crippen molar-refractivity contribution in [2.45, 2.75) is 6.92 Å². The molecule has 110 valence electrons. The molecule has 0 aliphatic carbocycles. The van der Waals surface area contributed by atoms with Crippen molar-refractivity contribution < 1.29 is 4.79 Å². The number of pyridine rings is 1. The minimum absolute atomic E-state index is 0.310. The van der Waals surface area contributed by atoms with Crippen molar-refractivity contribution >= 4 is 17.5 Å². The highest BCUT2D eigenvalue weighted by Gasteiger charge is 2.05. The molecule has 3 aromatic rings. The van der Waals surface area contributed by atoms with Crippen molar-refractivity contribution in [2.24, 2.45) is 0 Å². The number of aromatic nitrogens is 2. The molecule has 22 heavy (non-hydrogen) atoms. The van der Waals surface area contributed by atoms with Crippen LogP contribution in [0.4, 0.5) is 16.3 Å². The van der Waals surface area contributed by atoms with Crippen LogP contribution in [-0.2, 0) is 0 Å². The molecule has 0 aliphatic heterocycles. The largest absolute Gasteiger partial charge is 0.324 e. The third-order valence-corrected chi connectivity index (χ3v) is 3.27. The number of anilines is 2. The van der Waals surface area contributed by atoms with Gasteiger partial charge in [0.15, 0.2) is 0 Å². The van der Waals surface area contributed by atoms with Gasteiger partial charge in [0.25, 0.3) is 0 Å². The van der Waals surface area contributed by atoms with Gasteiger partial charge in [-0.25, -0.2) is 9.78 Å². The third-order valence-electron chi connectivity index (χ3n) is 3.27. The van der Waals surface area contributed by atoms with Crippen molar-refractivity contribution in [3.63, 3.8) is 0 Å². The number of aryl methyl sites for hydroxylation is 1. The molecule has 5 nitrogen and oxygen atoms in total. The van der Waals surface area contributed by atoms with Crippen LogP contribution in [0.1, 0.15) is 5.56 Å². The van der Waals surface area contributed by atoms with Crippen LogP contribution in [0.2, 0.25) is 0 Å². The lowest BCUT2D eigenvalue weighted by Gasteiger charge is -2.09. The summed E-state index contributed by atoms with van der Waals surface area (Å²) in [6, 6.07) is 15.0. The minimum Gasteiger partial charge on any atom is -0.324 e. The van der Waals surface area contributed by atoms with E-state index in [0.29, 0.717) is 5.82 Å². The Morgan fingerprint density at radius 1 is 1.00 bits per heavy atom. The van der Waals surface area contributed by atoms with Crippen LogP contribution in [0, 0.1) is 6.92 Å². The zero-order valence-electron chi connectivity index (χ0n) is 12.2. The van der Waals surface area contributed by atoms with Crippen molar-refractivity contribution in [1.29, 1.82) is 0 Å². The average molecular weight is 292 g/mol. The fourth-order valence-electron chi connectivity index (χ4n) is 2.11. The maximum Gasteiger partial charge on any atom is 0.324 e. The van der Waals surface area contributed by atoms with Gasteiger partial charge in [0.2, 0.25) is 0 Å². The molecule has 0 saturated carbocycles. The fourth-order valence-corrected chi connectivity index (χ4v) is 2.11. The molecule has 0 fully saturated rings. The van der Waals surface area contributed by atoms with Gasteiger partial charge in [-0.15, -0.1) is 0 Å². The van der Waals surface area contributed by atoms with Crippen LogP contribution in [0.25, 0.3) is 5.69 Å². The Morgan fingerprint density at radius 3 is 2.41 bits per heavy atom. The molecule has 2 aromatic heterocycles. The van der Waals surface area contributed by atoms with Gasteiger partial charge in [-0.3, -0.25) is 5.32 Å². The van der Waals surface area contributed by atoms with E-state index in [1.54, 1.807) is 6.20 Å². The number of benzene rings is 1. The first kappa shape index (κ1) is 13.9. The van der Waals surface area contributed by atoms with E-state index in [2.05, 4.69) is 15.6 Å². The van der Waals surface area contributed by atoms with Crippen LogP contribution in [0.15, 0.2) is 67.1 Å². The highest BCUT2D eigenvalue weighted by Crippen LogP contribution is 2.14. The van der Waals surface area contributed by atoms with Gasteiger partial charge in [0.1, 0.15) is 5.82 Å². The minimum atomic E-state index is -0.310. The van der Waals surface area contributed by atoms with Gasteiger partial charge < -0.3 is 9.88 Å². The summed E-state index contributed by atoms with van der Waals surface area (Å²) in [7, 11) is 0. The molecule has 2 heterocycles. The average Bonchev–Trinajstić information content (AvgIpc) is 3.05. The van der Waals surface area contributed by atoms with Gasteiger partial charge in [0, 0.05) is 30.0 Å². The van der Waals surface area contributed by atoms with E-state index in [4.69, 9.17) is 0 Å². The van der Waals surface area contributed by atoms with Crippen LogP contribution >= 0.6 is 0 Å². The molecule has 2 N–H and O–H groups in total. The number of urea groups is 1. The molecule has 0 spiro atoms. The lowest BCUT2D eigenvalue weighted by Crippen LogP contribution is -2.20. The molecule has 0 bridgehead atoms. The predicted molar refractivity (Wildman–Crippen MR) is 87.4 cm³/mol. The topological polar surface area (TPSA) is 59.0 Å². The molecule has 0 saturated heterocycles. The Hall–Kier alpha value is -3.08. The number of hydrogen-bond acceptors (Lipinski definition) is 2. The van der Waals surface area contributed by atoms with E-state index in [-0.39, 0.29) is 6.03 Å². The Labute approximate surface area is 128 Å². The molecule has 0 unspecified atom stereocenters. The second kappa shape index (κ2) is 6.13. The standard InChI is InChI=1S/C17H16N4O/c1-13-5-4-10-18-16(13)20-17(22)19-14-6-8-15(9-7-14)21-11-2-3-12-21/h2-12H,1H3,(H2,18,19,20,22). The number of carbonyl (C=O) groups excluding carboxylic acids is 1. The molecule has 0 aliphatic rings. The molecule has 3 rings (SSSR count). The van der Waals surface area contributed by atoms with Crippen molar-refractivity contribution in [3.8, 4) is 5.69 Å². The summed E-state index contributed by atoms with van der Waals surface area (Å²) >= 11 is 0. The molecule has 0 atom stereocenters. The number of rotatable bonds is 3. The fraction of sp³-hybridized carbons (Fsp3) is 0.0588. The molecular weight excluding hydrogens is 276 g/mol. The number of carbonyl (C=O) groups is 1. The van der Waals surface area contributed by atoms with Crippen molar-refractivity contribution in [1.82, 2.24) is 9.55 Å². The van der Waals surface area contributed by atoms with Crippen LogP contribution in [-0.4, -0.2) is 15.6 Å². The summed E-state index contributed by atoms with van der Waals surface area (Å²) in [6.07, 6.45) is 5.59. The number of nitrogens with zero attached hydrogens (tertiary/aromatic N) is 2. The normalized spacial score (nSPS) is 10.2. The maximum atomic E-state index is 12.0. The highest BCUT2D eigenvalue weighted by atomic mass is 16.2. The van der Waals surface area contributed by atoms with Gasteiger partial charge in [-0.1, -0.05) is 6.07 Å². The highest BCUT2D eigenvalue weighted by molar-refractivity contribution is 5.99. The van der Waals surface area contributed by atoms with Gasteiger partial charge in [-0.05, 0) is 55.0 Å². The second-order valence-electron chi connectivity index (χ2n) is 4.89. The van der Waals surface area contributed by atoms with Crippen molar-refractivity contribution in [2.75, 3.05) is 10.6 Å². The van der Waals surface area contributed by atoms with E-state index < -0.39 is 0 Å². The van der Waals surface area contributed by atoms with Gasteiger partial charge in [-0.2, -0.15) is 0 Å². The second-order valence-corrected chi connectivity index (χ2v) is 4.89. The summed E-state index contributed by atoms with van der Waals surface area (Å²) < 4.78 is 2.00. The molecule has 1 aromatic carbocycles. The Balaban J connectivity index is 1.66. The Kier molecular flexibility index (Phi) is 3.87. The number of hydrogen-bond donors (Lipinski definition) is 2. The Morgan fingerprint density at radius 2 is 1.73 bits per heavy atom. The third kappa shape index (κ3) is 3.15. The molecule has 2 amide bonds. The predicted octanol–water partition coefficient (Wildman–Crippen LogP) is 3.82. The zero-order valence-corrected chi connectivity index (χ0v) is 12.2. The summed E-state index contributed by atoms with van der Waals surface area (Å²) in [6.45, 7) is 1.90. The number of nitrogens with one attached hydrogen (secondary N) is 2. The van der Waals surface area contributed by atoms with Gasteiger partial charge in [0.05, 0.1) is 0 Å². The van der Waals surface area contributed by atoms with E-state index in [1.807, 2.05) is 72.4 Å².